The zero-order chi connectivity index (χ0) is 15.0. The molecule has 0 atom stereocenters. The van der Waals surface area contributed by atoms with E-state index >= 15 is 0 Å². The zero-order valence-electron chi connectivity index (χ0n) is 9.69. The van der Waals surface area contributed by atoms with Crippen molar-refractivity contribution in [1.29, 1.82) is 0 Å². The van der Waals surface area contributed by atoms with Crippen molar-refractivity contribution in [2.24, 2.45) is 5.84 Å². The quantitative estimate of drug-likeness (QED) is 0.257. The van der Waals surface area contributed by atoms with Crippen LogP contribution in [0.2, 0.25) is 0 Å². The maximum absolute atomic E-state index is 10.5. The predicted molar refractivity (Wildman–Crippen MR) is 62.7 cm³/mol. The number of hydrazine groups is 1. The van der Waals surface area contributed by atoms with Crippen molar-refractivity contribution in [2.45, 2.75) is 0 Å². The van der Waals surface area contributed by atoms with Crippen molar-refractivity contribution in [1.82, 2.24) is 0 Å². The van der Waals surface area contributed by atoms with Crippen LogP contribution >= 0.6 is 0 Å². The Morgan fingerprint density at radius 3 is 2.21 bits per heavy atom. The van der Waals surface area contributed by atoms with Crippen molar-refractivity contribution in [3.05, 3.63) is 28.3 Å². The Bertz CT molecular complexity index is 477. The highest BCUT2D eigenvalue weighted by atomic mass is 16.6. The number of carbonyl (C=O) groups is 2. The number of nitrogen functional groups attached to an aromatic ring is 1. The van der Waals surface area contributed by atoms with Gasteiger partial charge in [0.05, 0.1) is 18.1 Å². The fourth-order valence-electron chi connectivity index (χ4n) is 0.912. The third-order valence-corrected chi connectivity index (χ3v) is 1.74. The first kappa shape index (κ1) is 16.1. The first-order chi connectivity index (χ1) is 8.83. The topological polar surface area (TPSA) is 165 Å². The van der Waals surface area contributed by atoms with E-state index in [2.05, 4.69) is 5.43 Å². The van der Waals surface area contributed by atoms with E-state index in [-0.39, 0.29) is 11.4 Å². The molecule has 0 aliphatic heterocycles. The second-order valence-corrected chi connectivity index (χ2v) is 2.89. The molecule has 10 nitrogen and oxygen atoms in total. The van der Waals surface area contributed by atoms with Gasteiger partial charge in [-0.25, -0.2) is 9.59 Å². The summed E-state index contributed by atoms with van der Waals surface area (Å²) in [7, 11) is 1.44. The second-order valence-electron chi connectivity index (χ2n) is 2.89. The van der Waals surface area contributed by atoms with Crippen LogP contribution in [-0.4, -0.2) is 34.2 Å². The molecule has 0 aliphatic carbocycles. The van der Waals surface area contributed by atoms with E-state index in [1.165, 1.54) is 19.2 Å². The first-order valence-corrected chi connectivity index (χ1v) is 4.58. The fraction of sp³-hybridized carbons (Fsp3) is 0.111. The molecule has 0 aliphatic rings. The normalized spacial score (nSPS) is 8.74. The number of hydrogen-bond donors (Lipinski definition) is 4. The van der Waals surface area contributed by atoms with Crippen LogP contribution < -0.4 is 16.0 Å². The number of carboxylic acid groups (broad SMARTS) is 2. The van der Waals surface area contributed by atoms with Gasteiger partial charge in [0.25, 0.3) is 5.69 Å². The SMILES string of the molecule is COc1ccc(NN)c([N+](=O)[O-])c1.O=C(O)C(=O)O. The van der Waals surface area contributed by atoms with E-state index in [4.69, 9.17) is 30.4 Å². The minimum Gasteiger partial charge on any atom is -0.496 e. The summed E-state index contributed by atoms with van der Waals surface area (Å²) in [6, 6.07) is 4.37. The van der Waals surface area contributed by atoms with Crippen molar-refractivity contribution in [3.8, 4) is 5.75 Å². The predicted octanol–water partition coefficient (Wildman–Crippen LogP) is 0.0446. The van der Waals surface area contributed by atoms with Gasteiger partial charge < -0.3 is 20.4 Å². The van der Waals surface area contributed by atoms with E-state index in [1.54, 1.807) is 6.07 Å². The number of benzene rings is 1. The number of nitro benzene ring substituents is 1. The lowest BCUT2D eigenvalue weighted by atomic mass is 10.2. The monoisotopic (exact) mass is 273 g/mol. The third-order valence-electron chi connectivity index (χ3n) is 1.74. The minimum atomic E-state index is -1.82. The Labute approximate surface area is 106 Å². The lowest BCUT2D eigenvalue weighted by Gasteiger charge is -2.03. The summed E-state index contributed by atoms with van der Waals surface area (Å²) in [6.45, 7) is 0. The molecule has 0 fully saturated rings. The molecule has 0 bridgehead atoms. The van der Waals surface area contributed by atoms with Gasteiger partial charge in [0.1, 0.15) is 11.4 Å². The molecule has 0 heterocycles. The van der Waals surface area contributed by atoms with Crippen LogP contribution in [0.15, 0.2) is 18.2 Å². The van der Waals surface area contributed by atoms with Gasteiger partial charge in [-0.15, -0.1) is 0 Å². The summed E-state index contributed by atoms with van der Waals surface area (Å²) in [5, 5.41) is 25.3. The van der Waals surface area contributed by atoms with Crippen LogP contribution in [0.25, 0.3) is 0 Å². The highest BCUT2D eigenvalue weighted by Gasteiger charge is 2.13. The third kappa shape index (κ3) is 5.32. The fourth-order valence-corrected chi connectivity index (χ4v) is 0.912. The molecule has 0 radical (unpaired) electrons. The summed E-state index contributed by atoms with van der Waals surface area (Å²) in [6.07, 6.45) is 0. The van der Waals surface area contributed by atoms with Gasteiger partial charge in [-0.2, -0.15) is 0 Å². The lowest BCUT2D eigenvalue weighted by Crippen LogP contribution is -2.09. The number of nitrogens with two attached hydrogens (primary N) is 1. The molecule has 104 valence electrons. The van der Waals surface area contributed by atoms with Crippen molar-refractivity contribution >= 4 is 23.3 Å². The first-order valence-electron chi connectivity index (χ1n) is 4.58. The summed E-state index contributed by atoms with van der Waals surface area (Å²) >= 11 is 0. The number of carboxylic acids is 2. The number of ether oxygens (including phenoxy) is 1. The van der Waals surface area contributed by atoms with Crippen molar-refractivity contribution in [2.75, 3.05) is 12.5 Å². The maximum atomic E-state index is 10.5. The molecule has 19 heavy (non-hydrogen) atoms. The molecule has 0 saturated heterocycles. The van der Waals surface area contributed by atoms with Crippen LogP contribution in [0.3, 0.4) is 0 Å². The summed E-state index contributed by atoms with van der Waals surface area (Å²) in [5.41, 5.74) is 2.38. The number of aliphatic carboxylic acids is 2. The van der Waals surface area contributed by atoms with Crippen LogP contribution in [-0.2, 0) is 9.59 Å². The summed E-state index contributed by atoms with van der Waals surface area (Å²) in [4.78, 5) is 28.2. The molecule has 0 spiro atoms. The molecule has 0 unspecified atom stereocenters. The largest absolute Gasteiger partial charge is 0.496 e. The van der Waals surface area contributed by atoms with Gasteiger partial charge in [0.2, 0.25) is 0 Å². The van der Waals surface area contributed by atoms with Crippen LogP contribution in [0.4, 0.5) is 11.4 Å². The average molecular weight is 273 g/mol. The average Bonchev–Trinajstić information content (AvgIpc) is 2.38. The molecular formula is C9H11N3O7. The minimum absolute atomic E-state index is 0.109. The van der Waals surface area contributed by atoms with Crippen LogP contribution in [0, 0.1) is 10.1 Å². The Morgan fingerprint density at radius 2 is 1.89 bits per heavy atom. The number of methoxy groups -OCH3 is 1. The van der Waals surface area contributed by atoms with Gasteiger partial charge >= 0.3 is 11.9 Å². The van der Waals surface area contributed by atoms with Crippen molar-refractivity contribution < 1.29 is 29.5 Å². The van der Waals surface area contributed by atoms with Gasteiger partial charge in [-0.1, -0.05) is 0 Å². The Hall–Kier alpha value is -2.88. The smallest absolute Gasteiger partial charge is 0.414 e. The molecule has 0 amide bonds. The summed E-state index contributed by atoms with van der Waals surface area (Å²) < 4.78 is 4.83. The molecule has 1 rings (SSSR count). The van der Waals surface area contributed by atoms with E-state index in [0.29, 0.717) is 5.75 Å². The molecular weight excluding hydrogens is 262 g/mol. The van der Waals surface area contributed by atoms with E-state index in [1.807, 2.05) is 0 Å². The lowest BCUT2D eigenvalue weighted by molar-refractivity contribution is -0.384. The van der Waals surface area contributed by atoms with E-state index in [9.17, 15) is 10.1 Å². The zero-order valence-corrected chi connectivity index (χ0v) is 9.69. The Balaban J connectivity index is 0.000000459. The molecule has 0 saturated carbocycles. The van der Waals surface area contributed by atoms with Crippen molar-refractivity contribution in [3.63, 3.8) is 0 Å². The molecule has 0 aromatic heterocycles. The maximum Gasteiger partial charge on any atom is 0.414 e. The molecule has 10 heteroatoms. The van der Waals surface area contributed by atoms with Gasteiger partial charge in [-0.3, -0.25) is 16.0 Å². The number of hydrogen-bond acceptors (Lipinski definition) is 7. The highest BCUT2D eigenvalue weighted by Crippen LogP contribution is 2.27. The van der Waals surface area contributed by atoms with Gasteiger partial charge in [0, 0.05) is 0 Å². The van der Waals surface area contributed by atoms with Crippen LogP contribution in [0.5, 0.6) is 5.75 Å². The number of nitro groups is 1. The number of rotatable bonds is 3. The number of anilines is 1. The standard InChI is InChI=1S/C7H9N3O3.C2H2O4/c1-13-5-2-3-6(9-8)7(4-5)10(11)12;3-1(4)2(5)6/h2-4,9H,8H2,1H3;(H,3,4)(H,5,6). The number of nitrogens with one attached hydrogen (secondary N) is 1. The van der Waals surface area contributed by atoms with Crippen LogP contribution in [0.1, 0.15) is 0 Å². The van der Waals surface area contributed by atoms with E-state index in [0.717, 1.165) is 0 Å². The van der Waals surface area contributed by atoms with Gasteiger partial charge in [-0.05, 0) is 12.1 Å². The van der Waals surface area contributed by atoms with E-state index < -0.39 is 16.9 Å². The summed E-state index contributed by atoms with van der Waals surface area (Å²) in [5.74, 6) is 1.86. The number of nitrogens with zero attached hydrogens (tertiary/aromatic N) is 1. The molecule has 5 N–H and O–H groups in total. The molecule has 1 aromatic carbocycles. The Kier molecular flexibility index (Phi) is 6.32. The molecule has 1 aromatic rings. The second kappa shape index (κ2) is 7.45. The highest BCUT2D eigenvalue weighted by molar-refractivity contribution is 6.27. The van der Waals surface area contributed by atoms with Gasteiger partial charge in [0.15, 0.2) is 0 Å². The Morgan fingerprint density at radius 1 is 1.37 bits per heavy atom.